The Morgan fingerprint density at radius 1 is 1.25 bits per heavy atom. The van der Waals surface area contributed by atoms with Gasteiger partial charge in [-0.05, 0) is 43.2 Å². The fourth-order valence-electron chi connectivity index (χ4n) is 3.52. The second kappa shape index (κ2) is 6.80. The van der Waals surface area contributed by atoms with E-state index < -0.39 is 0 Å². The van der Waals surface area contributed by atoms with Gasteiger partial charge in [0.1, 0.15) is 5.52 Å². The summed E-state index contributed by atoms with van der Waals surface area (Å²) in [7, 11) is 1.66. The third kappa shape index (κ3) is 2.86. The summed E-state index contributed by atoms with van der Waals surface area (Å²) >= 11 is 3.46. The number of hydrogen-bond donors (Lipinski definition) is 0. The molecule has 0 aliphatic heterocycles. The number of imidazole rings is 1. The second-order valence-electron chi connectivity index (χ2n) is 6.93. The maximum atomic E-state index is 13.0. The maximum Gasteiger partial charge on any atom is 0.333 e. The molecule has 0 saturated heterocycles. The predicted molar refractivity (Wildman–Crippen MR) is 111 cm³/mol. The van der Waals surface area contributed by atoms with Gasteiger partial charge in [-0.3, -0.25) is 9.13 Å². The van der Waals surface area contributed by atoms with Gasteiger partial charge in [-0.25, -0.2) is 4.79 Å². The molecule has 2 aromatic heterocycles. The van der Waals surface area contributed by atoms with Crippen LogP contribution < -0.4 is 10.4 Å². The Morgan fingerprint density at radius 2 is 1.96 bits per heavy atom. The predicted octanol–water partition coefficient (Wildman–Crippen LogP) is 3.58. The zero-order chi connectivity index (χ0) is 20.0. The summed E-state index contributed by atoms with van der Waals surface area (Å²) in [5.41, 5.74) is 3.28. The number of nitriles is 1. The van der Waals surface area contributed by atoms with E-state index in [2.05, 4.69) is 22.0 Å². The van der Waals surface area contributed by atoms with Gasteiger partial charge in [0.15, 0.2) is 0 Å². The average molecular weight is 437 g/mol. The minimum atomic E-state index is -0.222. The highest BCUT2D eigenvalue weighted by Gasteiger charge is 2.20. The first-order chi connectivity index (χ1) is 13.4. The number of nitrogens with zero attached hydrogens (tertiary/aromatic N) is 4. The maximum absolute atomic E-state index is 13.0. The first-order valence-corrected chi connectivity index (χ1v) is 9.62. The lowest BCUT2D eigenvalue weighted by Gasteiger charge is -2.09. The quantitative estimate of drug-likeness (QED) is 0.363. The molecule has 0 amide bonds. The van der Waals surface area contributed by atoms with Gasteiger partial charge in [0.25, 0.3) is 0 Å². The number of fused-ring (bicyclic) bond motifs is 3. The van der Waals surface area contributed by atoms with E-state index in [4.69, 9.17) is 5.26 Å². The molecular formula is C21H17BrN4O2. The number of hydrogen-bond acceptors (Lipinski definition) is 3. The molecule has 2 heterocycles. The summed E-state index contributed by atoms with van der Waals surface area (Å²) in [4.78, 5) is 13.0. The average Bonchev–Trinajstić information content (AvgIpc) is 2.93. The highest BCUT2D eigenvalue weighted by Crippen LogP contribution is 2.27. The number of aromatic nitrogens is 3. The summed E-state index contributed by atoms with van der Waals surface area (Å²) in [6, 6.07) is 15.2. The van der Waals surface area contributed by atoms with Crippen molar-refractivity contribution in [1.82, 2.24) is 9.13 Å². The van der Waals surface area contributed by atoms with Crippen LogP contribution in [0.5, 0.6) is 0 Å². The second-order valence-corrected chi connectivity index (χ2v) is 7.84. The summed E-state index contributed by atoms with van der Waals surface area (Å²) in [5, 5.41) is 22.1. The van der Waals surface area contributed by atoms with Crippen LogP contribution in [0.2, 0.25) is 0 Å². The Labute approximate surface area is 169 Å². The van der Waals surface area contributed by atoms with Crippen LogP contribution >= 0.6 is 15.9 Å². The number of rotatable bonds is 3. The molecule has 4 rings (SSSR count). The molecule has 0 saturated carbocycles. The van der Waals surface area contributed by atoms with Crippen LogP contribution in [0.3, 0.4) is 0 Å². The van der Waals surface area contributed by atoms with Crippen LogP contribution in [0.15, 0.2) is 57.9 Å². The van der Waals surface area contributed by atoms with Crippen molar-refractivity contribution in [2.45, 2.75) is 13.3 Å². The molecule has 140 valence electrons. The van der Waals surface area contributed by atoms with E-state index >= 15 is 0 Å². The monoisotopic (exact) mass is 436 g/mol. The minimum absolute atomic E-state index is 0.0695. The zero-order valence-electron chi connectivity index (χ0n) is 15.4. The van der Waals surface area contributed by atoms with Crippen LogP contribution in [-0.4, -0.2) is 9.13 Å². The van der Waals surface area contributed by atoms with E-state index in [1.54, 1.807) is 23.7 Å². The van der Waals surface area contributed by atoms with E-state index in [1.807, 2.05) is 37.3 Å². The van der Waals surface area contributed by atoms with Crippen molar-refractivity contribution in [1.29, 1.82) is 5.26 Å². The summed E-state index contributed by atoms with van der Waals surface area (Å²) in [5.74, 6) is -0.0695. The molecule has 0 fully saturated rings. The van der Waals surface area contributed by atoms with Crippen LogP contribution in [0.25, 0.3) is 27.6 Å². The molecule has 0 aliphatic carbocycles. The van der Waals surface area contributed by atoms with Crippen molar-refractivity contribution in [2.75, 3.05) is 0 Å². The van der Waals surface area contributed by atoms with E-state index in [0.29, 0.717) is 34.0 Å². The highest BCUT2D eigenvalue weighted by atomic mass is 79.9. The van der Waals surface area contributed by atoms with Gasteiger partial charge >= 0.3 is 5.69 Å². The SMILES string of the molecule is CC(C#N)Cc1ccc(-n2c(=O)n(C)c3c[n+]([O-])c4ccc(Br)cc4c32)cc1. The minimum Gasteiger partial charge on any atom is -0.618 e. The molecule has 0 N–H and O–H groups in total. The summed E-state index contributed by atoms with van der Waals surface area (Å²) < 4.78 is 4.73. The smallest absolute Gasteiger partial charge is 0.333 e. The Balaban J connectivity index is 2.00. The lowest BCUT2D eigenvalue weighted by Crippen LogP contribution is -2.26. The molecule has 2 aromatic carbocycles. The fraction of sp³-hybridized carbons (Fsp3) is 0.190. The molecule has 0 aliphatic rings. The molecular weight excluding hydrogens is 420 g/mol. The van der Waals surface area contributed by atoms with E-state index in [1.165, 1.54) is 10.8 Å². The van der Waals surface area contributed by atoms with Crippen LogP contribution in [-0.2, 0) is 13.5 Å². The van der Waals surface area contributed by atoms with Crippen LogP contribution in [0, 0.1) is 22.5 Å². The molecule has 4 aromatic rings. The van der Waals surface area contributed by atoms with Crippen molar-refractivity contribution in [3.8, 4) is 11.8 Å². The van der Waals surface area contributed by atoms with Gasteiger partial charge in [0.2, 0.25) is 11.7 Å². The highest BCUT2D eigenvalue weighted by molar-refractivity contribution is 9.10. The Bertz CT molecular complexity index is 1310. The lowest BCUT2D eigenvalue weighted by molar-refractivity contribution is -0.575. The van der Waals surface area contributed by atoms with Gasteiger partial charge in [-0.1, -0.05) is 28.1 Å². The topological polar surface area (TPSA) is 77.7 Å². The van der Waals surface area contributed by atoms with Gasteiger partial charge in [-0.15, -0.1) is 0 Å². The van der Waals surface area contributed by atoms with Gasteiger partial charge in [0.05, 0.1) is 22.7 Å². The molecule has 0 bridgehead atoms. The van der Waals surface area contributed by atoms with Crippen molar-refractivity contribution in [3.05, 3.63) is 74.4 Å². The number of pyridine rings is 1. The zero-order valence-corrected chi connectivity index (χ0v) is 17.0. The number of aryl methyl sites for hydroxylation is 1. The fourth-order valence-corrected chi connectivity index (χ4v) is 3.88. The third-order valence-electron chi connectivity index (χ3n) is 4.95. The van der Waals surface area contributed by atoms with Gasteiger partial charge in [-0.2, -0.15) is 9.99 Å². The van der Waals surface area contributed by atoms with E-state index in [9.17, 15) is 10.0 Å². The van der Waals surface area contributed by atoms with E-state index in [-0.39, 0.29) is 11.6 Å². The first kappa shape index (κ1) is 18.3. The standard InChI is InChI=1S/C21H17BrN4O2/c1-13(11-23)9-14-3-6-16(7-4-14)26-20-17-10-15(22)5-8-18(17)25(28)12-19(20)24(2)21(26)27/h3-8,10,12-13H,9H2,1-2H3. The van der Waals surface area contributed by atoms with Crippen molar-refractivity contribution >= 4 is 37.9 Å². The summed E-state index contributed by atoms with van der Waals surface area (Å²) in [6.45, 7) is 1.88. The normalized spacial score (nSPS) is 12.4. The molecule has 28 heavy (non-hydrogen) atoms. The van der Waals surface area contributed by atoms with Gasteiger partial charge in [0, 0.05) is 23.5 Å². The van der Waals surface area contributed by atoms with Crippen LogP contribution in [0.4, 0.5) is 0 Å². The molecule has 7 heteroatoms. The molecule has 0 spiro atoms. The molecule has 0 radical (unpaired) electrons. The van der Waals surface area contributed by atoms with Gasteiger partial charge < -0.3 is 5.21 Å². The Morgan fingerprint density at radius 3 is 2.64 bits per heavy atom. The van der Waals surface area contributed by atoms with Crippen molar-refractivity contribution in [2.24, 2.45) is 13.0 Å². The molecule has 6 nitrogen and oxygen atoms in total. The lowest BCUT2D eigenvalue weighted by atomic mass is 10.0. The van der Waals surface area contributed by atoms with Crippen molar-refractivity contribution in [3.63, 3.8) is 0 Å². The molecule has 1 unspecified atom stereocenters. The molecule has 1 atom stereocenters. The number of halogens is 1. The van der Waals surface area contributed by atoms with E-state index in [0.717, 1.165) is 14.8 Å². The van der Waals surface area contributed by atoms with Crippen LogP contribution in [0.1, 0.15) is 12.5 Å². The first-order valence-electron chi connectivity index (χ1n) is 8.82. The Hall–Kier alpha value is -3.11. The number of benzene rings is 2. The summed E-state index contributed by atoms with van der Waals surface area (Å²) in [6.07, 6.45) is 2.10. The largest absolute Gasteiger partial charge is 0.618 e. The third-order valence-corrected chi connectivity index (χ3v) is 5.45. The van der Waals surface area contributed by atoms with Crippen molar-refractivity contribution < 1.29 is 4.73 Å². The Kier molecular flexibility index (Phi) is 4.44.